The number of carbonyl (C=O) groups is 1. The van der Waals surface area contributed by atoms with Crippen LogP contribution in [-0.2, 0) is 16.0 Å². The molecule has 0 aromatic heterocycles. The fourth-order valence-electron chi connectivity index (χ4n) is 2.41. The second kappa shape index (κ2) is 5.44. The van der Waals surface area contributed by atoms with Gasteiger partial charge in [0.1, 0.15) is 11.5 Å². The van der Waals surface area contributed by atoms with Crippen molar-refractivity contribution in [2.45, 2.75) is 13.3 Å². The van der Waals surface area contributed by atoms with Crippen LogP contribution in [0.2, 0.25) is 0 Å². The summed E-state index contributed by atoms with van der Waals surface area (Å²) in [6.07, 6.45) is 0.787. The van der Waals surface area contributed by atoms with Gasteiger partial charge in [0.05, 0.1) is 12.2 Å². The maximum atomic E-state index is 11.8. The Morgan fingerprint density at radius 2 is 1.95 bits per heavy atom. The molecule has 3 rings (SSSR count). The third-order valence-electron chi connectivity index (χ3n) is 3.50. The molecule has 0 saturated heterocycles. The SMILES string of the molecule is C=C(C(=O)OCC)c1ccc2c(c1)Cc1ccccc1O2. The third kappa shape index (κ3) is 2.55. The molecule has 0 amide bonds. The summed E-state index contributed by atoms with van der Waals surface area (Å²) >= 11 is 0. The molecule has 0 radical (unpaired) electrons. The Morgan fingerprint density at radius 3 is 2.76 bits per heavy atom. The van der Waals surface area contributed by atoms with Gasteiger partial charge in [-0.05, 0) is 41.8 Å². The lowest BCUT2D eigenvalue weighted by Crippen LogP contribution is -2.07. The van der Waals surface area contributed by atoms with Crippen molar-refractivity contribution in [3.63, 3.8) is 0 Å². The Labute approximate surface area is 123 Å². The number of esters is 1. The van der Waals surface area contributed by atoms with Crippen LogP contribution in [-0.4, -0.2) is 12.6 Å². The van der Waals surface area contributed by atoms with E-state index in [0.717, 1.165) is 34.6 Å². The van der Waals surface area contributed by atoms with Crippen LogP contribution in [0, 0.1) is 0 Å². The Balaban J connectivity index is 1.90. The zero-order valence-electron chi connectivity index (χ0n) is 11.9. The average Bonchev–Trinajstić information content (AvgIpc) is 2.51. The van der Waals surface area contributed by atoms with Gasteiger partial charge in [0.15, 0.2) is 0 Å². The highest BCUT2D eigenvalue weighted by Crippen LogP contribution is 2.37. The predicted molar refractivity (Wildman–Crippen MR) is 81.4 cm³/mol. The van der Waals surface area contributed by atoms with Crippen LogP contribution in [0.4, 0.5) is 0 Å². The molecule has 0 atom stereocenters. The molecule has 2 aromatic carbocycles. The van der Waals surface area contributed by atoms with Crippen LogP contribution in [0.3, 0.4) is 0 Å². The van der Waals surface area contributed by atoms with Gasteiger partial charge in [-0.15, -0.1) is 0 Å². The Bertz CT molecular complexity index is 716. The molecule has 0 bridgehead atoms. The summed E-state index contributed by atoms with van der Waals surface area (Å²) in [6.45, 7) is 5.95. The first-order chi connectivity index (χ1) is 10.2. The molecule has 0 unspecified atom stereocenters. The smallest absolute Gasteiger partial charge is 0.338 e. The second-order valence-corrected chi connectivity index (χ2v) is 4.91. The van der Waals surface area contributed by atoms with Crippen molar-refractivity contribution in [1.82, 2.24) is 0 Å². The van der Waals surface area contributed by atoms with E-state index in [1.165, 1.54) is 0 Å². The summed E-state index contributed by atoms with van der Waals surface area (Å²) in [5.41, 5.74) is 3.34. The monoisotopic (exact) mass is 280 g/mol. The van der Waals surface area contributed by atoms with E-state index in [1.54, 1.807) is 6.92 Å². The number of benzene rings is 2. The maximum absolute atomic E-state index is 11.8. The molecule has 3 nitrogen and oxygen atoms in total. The number of ether oxygens (including phenoxy) is 2. The Hall–Kier alpha value is -2.55. The van der Waals surface area contributed by atoms with E-state index in [1.807, 2.05) is 42.5 Å². The van der Waals surface area contributed by atoms with Crippen LogP contribution >= 0.6 is 0 Å². The number of hydrogen-bond acceptors (Lipinski definition) is 3. The van der Waals surface area contributed by atoms with Crippen LogP contribution in [0.5, 0.6) is 11.5 Å². The lowest BCUT2D eigenvalue weighted by Gasteiger charge is -2.20. The van der Waals surface area contributed by atoms with E-state index in [2.05, 4.69) is 6.58 Å². The number of carbonyl (C=O) groups excluding carboxylic acids is 1. The minimum atomic E-state index is -0.380. The summed E-state index contributed by atoms with van der Waals surface area (Å²) in [5, 5.41) is 0. The van der Waals surface area contributed by atoms with Crippen LogP contribution < -0.4 is 4.74 Å². The predicted octanol–water partition coefficient (Wildman–Crippen LogP) is 3.96. The quantitative estimate of drug-likeness (QED) is 0.538. The Kier molecular flexibility index (Phi) is 3.48. The first-order valence-corrected chi connectivity index (χ1v) is 6.94. The zero-order valence-corrected chi connectivity index (χ0v) is 11.9. The summed E-state index contributed by atoms with van der Waals surface area (Å²) in [5.74, 6) is 1.34. The molecule has 0 spiro atoms. The summed E-state index contributed by atoms with van der Waals surface area (Å²) in [7, 11) is 0. The topological polar surface area (TPSA) is 35.5 Å². The van der Waals surface area contributed by atoms with Crippen molar-refractivity contribution in [3.05, 3.63) is 65.7 Å². The van der Waals surface area contributed by atoms with Gasteiger partial charge in [-0.1, -0.05) is 30.8 Å². The molecular formula is C18H16O3. The molecule has 106 valence electrons. The molecule has 2 aromatic rings. The van der Waals surface area contributed by atoms with E-state index < -0.39 is 0 Å². The highest BCUT2D eigenvalue weighted by Gasteiger charge is 2.18. The van der Waals surface area contributed by atoms with E-state index >= 15 is 0 Å². The van der Waals surface area contributed by atoms with Gasteiger partial charge in [-0.2, -0.15) is 0 Å². The first-order valence-electron chi connectivity index (χ1n) is 6.94. The van der Waals surface area contributed by atoms with Gasteiger partial charge in [0.2, 0.25) is 0 Å². The normalized spacial score (nSPS) is 11.9. The molecule has 0 aliphatic carbocycles. The van der Waals surface area contributed by atoms with Crippen molar-refractivity contribution in [2.24, 2.45) is 0 Å². The van der Waals surface area contributed by atoms with Gasteiger partial charge in [0.25, 0.3) is 0 Å². The Morgan fingerprint density at radius 1 is 1.19 bits per heavy atom. The lowest BCUT2D eigenvalue weighted by atomic mass is 9.96. The molecule has 1 aliphatic heterocycles. The van der Waals surface area contributed by atoms with E-state index in [0.29, 0.717) is 12.2 Å². The highest BCUT2D eigenvalue weighted by atomic mass is 16.5. The molecule has 1 aliphatic rings. The molecule has 0 N–H and O–H groups in total. The molecule has 1 heterocycles. The molecule has 0 fully saturated rings. The minimum Gasteiger partial charge on any atom is -0.462 e. The van der Waals surface area contributed by atoms with E-state index in [4.69, 9.17) is 9.47 Å². The average molecular weight is 280 g/mol. The third-order valence-corrected chi connectivity index (χ3v) is 3.50. The minimum absolute atomic E-state index is 0.347. The van der Waals surface area contributed by atoms with Gasteiger partial charge < -0.3 is 9.47 Å². The number of para-hydroxylation sites is 1. The lowest BCUT2D eigenvalue weighted by molar-refractivity contribution is -0.136. The number of fused-ring (bicyclic) bond motifs is 2. The van der Waals surface area contributed by atoms with Gasteiger partial charge >= 0.3 is 5.97 Å². The first kappa shape index (κ1) is 13.4. The van der Waals surface area contributed by atoms with Gasteiger partial charge in [-0.25, -0.2) is 4.79 Å². The van der Waals surface area contributed by atoms with Gasteiger partial charge in [-0.3, -0.25) is 0 Å². The standard InChI is InChI=1S/C18H16O3/c1-3-20-18(19)12(2)13-8-9-17-15(10-13)11-14-6-4-5-7-16(14)21-17/h4-10H,2-3,11H2,1H3. The second-order valence-electron chi connectivity index (χ2n) is 4.91. The molecular weight excluding hydrogens is 264 g/mol. The maximum Gasteiger partial charge on any atom is 0.338 e. The van der Waals surface area contributed by atoms with Crippen LogP contribution in [0.15, 0.2) is 49.0 Å². The molecule has 21 heavy (non-hydrogen) atoms. The molecule has 3 heteroatoms. The number of rotatable bonds is 3. The number of hydrogen-bond donors (Lipinski definition) is 0. The van der Waals surface area contributed by atoms with Crippen LogP contribution in [0.25, 0.3) is 5.57 Å². The van der Waals surface area contributed by atoms with Crippen molar-refractivity contribution in [2.75, 3.05) is 6.61 Å². The van der Waals surface area contributed by atoms with Crippen molar-refractivity contribution in [3.8, 4) is 11.5 Å². The van der Waals surface area contributed by atoms with Crippen molar-refractivity contribution < 1.29 is 14.3 Å². The fraction of sp³-hybridized carbons (Fsp3) is 0.167. The van der Waals surface area contributed by atoms with Crippen molar-refractivity contribution in [1.29, 1.82) is 0 Å². The highest BCUT2D eigenvalue weighted by molar-refractivity contribution is 6.15. The summed E-state index contributed by atoms with van der Waals surface area (Å²) in [4.78, 5) is 11.8. The van der Waals surface area contributed by atoms with Crippen LogP contribution in [0.1, 0.15) is 23.6 Å². The zero-order chi connectivity index (χ0) is 14.8. The van der Waals surface area contributed by atoms with E-state index in [9.17, 15) is 4.79 Å². The largest absolute Gasteiger partial charge is 0.462 e. The van der Waals surface area contributed by atoms with E-state index in [-0.39, 0.29) is 5.97 Å². The summed E-state index contributed by atoms with van der Waals surface area (Å²) in [6, 6.07) is 13.6. The van der Waals surface area contributed by atoms with Crippen molar-refractivity contribution >= 4 is 11.5 Å². The van der Waals surface area contributed by atoms with Gasteiger partial charge in [0, 0.05) is 6.42 Å². The fourth-order valence-corrected chi connectivity index (χ4v) is 2.41. The molecule has 0 saturated carbocycles. The summed E-state index contributed by atoms with van der Waals surface area (Å²) < 4.78 is 10.9.